The van der Waals surface area contributed by atoms with Gasteiger partial charge in [-0.25, -0.2) is 4.79 Å². The van der Waals surface area contributed by atoms with Gasteiger partial charge in [-0.1, -0.05) is 23.8 Å². The SMILES string of the molecule is C=C1C(=O)OC2C/C(C)=C/CC/C(C)=C/[C@H](OC(C)=O)[C@H]12. The first-order valence-corrected chi connectivity index (χ1v) is 7.28. The molecule has 0 aromatic heterocycles. The summed E-state index contributed by atoms with van der Waals surface area (Å²) in [7, 11) is 0. The number of carbonyl (C=O) groups is 2. The molecule has 0 amide bonds. The second-order valence-electron chi connectivity index (χ2n) is 5.88. The van der Waals surface area contributed by atoms with Crippen LogP contribution in [0.25, 0.3) is 0 Å². The molecule has 0 saturated carbocycles. The van der Waals surface area contributed by atoms with Gasteiger partial charge < -0.3 is 9.47 Å². The summed E-state index contributed by atoms with van der Waals surface area (Å²) in [6, 6.07) is 0. The molecule has 2 aliphatic rings. The van der Waals surface area contributed by atoms with Gasteiger partial charge in [-0.15, -0.1) is 0 Å². The number of rotatable bonds is 1. The van der Waals surface area contributed by atoms with Crippen LogP contribution >= 0.6 is 0 Å². The molecular formula is C17H22O4. The van der Waals surface area contributed by atoms with Crippen molar-refractivity contribution in [3.63, 3.8) is 0 Å². The molecule has 0 aromatic rings. The molecule has 0 N–H and O–H groups in total. The zero-order valence-electron chi connectivity index (χ0n) is 12.8. The molecule has 3 atom stereocenters. The number of allylic oxidation sites excluding steroid dienone is 2. The minimum absolute atomic E-state index is 0.308. The van der Waals surface area contributed by atoms with Gasteiger partial charge in [0.15, 0.2) is 0 Å². The van der Waals surface area contributed by atoms with Crippen LogP contribution in [0.2, 0.25) is 0 Å². The normalized spacial score (nSPS) is 34.9. The van der Waals surface area contributed by atoms with Crippen LogP contribution in [0.1, 0.15) is 40.0 Å². The van der Waals surface area contributed by atoms with Crippen LogP contribution in [-0.2, 0) is 19.1 Å². The minimum Gasteiger partial charge on any atom is -0.458 e. The molecule has 114 valence electrons. The Kier molecular flexibility index (Phi) is 4.66. The van der Waals surface area contributed by atoms with Crippen molar-refractivity contribution in [2.75, 3.05) is 0 Å². The van der Waals surface area contributed by atoms with Gasteiger partial charge in [-0.05, 0) is 32.8 Å². The van der Waals surface area contributed by atoms with E-state index in [0.717, 1.165) is 18.4 Å². The van der Waals surface area contributed by atoms with Crippen LogP contribution in [0.15, 0.2) is 35.5 Å². The third-order valence-corrected chi connectivity index (χ3v) is 3.98. The molecule has 2 rings (SSSR count). The van der Waals surface area contributed by atoms with E-state index in [1.54, 1.807) is 0 Å². The Hall–Kier alpha value is -1.84. The maximum absolute atomic E-state index is 11.9. The number of esters is 2. The Morgan fingerprint density at radius 2 is 2.10 bits per heavy atom. The van der Waals surface area contributed by atoms with E-state index in [9.17, 15) is 9.59 Å². The highest BCUT2D eigenvalue weighted by Gasteiger charge is 2.44. The van der Waals surface area contributed by atoms with Crippen molar-refractivity contribution in [2.45, 2.75) is 52.2 Å². The Balaban J connectivity index is 2.39. The summed E-state index contributed by atoms with van der Waals surface area (Å²) in [4.78, 5) is 23.2. The molecule has 21 heavy (non-hydrogen) atoms. The van der Waals surface area contributed by atoms with Crippen molar-refractivity contribution in [2.24, 2.45) is 5.92 Å². The lowest BCUT2D eigenvalue weighted by Gasteiger charge is -2.26. The van der Waals surface area contributed by atoms with Gasteiger partial charge in [0.25, 0.3) is 0 Å². The van der Waals surface area contributed by atoms with Crippen molar-refractivity contribution in [1.82, 2.24) is 0 Å². The summed E-state index contributed by atoms with van der Waals surface area (Å²) in [5, 5.41) is 0. The van der Waals surface area contributed by atoms with Gasteiger partial charge in [0.2, 0.25) is 0 Å². The van der Waals surface area contributed by atoms with Crippen LogP contribution in [0.3, 0.4) is 0 Å². The maximum Gasteiger partial charge on any atom is 0.334 e. The Morgan fingerprint density at radius 1 is 1.38 bits per heavy atom. The molecule has 1 aliphatic carbocycles. The van der Waals surface area contributed by atoms with Gasteiger partial charge in [-0.2, -0.15) is 0 Å². The van der Waals surface area contributed by atoms with Gasteiger partial charge in [0.05, 0.1) is 5.92 Å². The summed E-state index contributed by atoms with van der Waals surface area (Å²) in [5.41, 5.74) is 2.71. The quantitative estimate of drug-likeness (QED) is 0.423. The van der Waals surface area contributed by atoms with Gasteiger partial charge >= 0.3 is 11.9 Å². The molecule has 4 nitrogen and oxygen atoms in total. The van der Waals surface area contributed by atoms with E-state index in [2.05, 4.69) is 12.7 Å². The highest BCUT2D eigenvalue weighted by atomic mass is 16.6. The number of hydrogen-bond donors (Lipinski definition) is 0. The highest BCUT2D eigenvalue weighted by molar-refractivity contribution is 5.91. The molecule has 0 bridgehead atoms. The number of ether oxygens (including phenoxy) is 2. The number of fused-ring (bicyclic) bond motifs is 1. The van der Waals surface area contributed by atoms with Crippen LogP contribution in [0.5, 0.6) is 0 Å². The van der Waals surface area contributed by atoms with E-state index in [4.69, 9.17) is 9.47 Å². The fourth-order valence-electron chi connectivity index (χ4n) is 2.94. The van der Waals surface area contributed by atoms with E-state index in [1.807, 2.05) is 19.9 Å². The summed E-state index contributed by atoms with van der Waals surface area (Å²) < 4.78 is 10.9. The standard InChI is InChI=1S/C17H22O4/c1-10-6-5-7-11(2)9-15-16(12(3)17(19)21-15)14(8-10)20-13(4)18/h7-8,14-16H,3,5-6,9H2,1-2,4H3/b10-8+,11-7+/t14-,15?,16-/m0/s1. The van der Waals surface area contributed by atoms with Crippen molar-refractivity contribution in [1.29, 1.82) is 0 Å². The van der Waals surface area contributed by atoms with Crippen LogP contribution in [0, 0.1) is 5.92 Å². The Morgan fingerprint density at radius 3 is 2.76 bits per heavy atom. The van der Waals surface area contributed by atoms with E-state index >= 15 is 0 Å². The van der Waals surface area contributed by atoms with Gasteiger partial charge in [-0.3, -0.25) is 4.79 Å². The molecule has 1 aliphatic heterocycles. The summed E-state index contributed by atoms with van der Waals surface area (Å²) in [6.07, 6.45) is 5.81. The lowest BCUT2D eigenvalue weighted by molar-refractivity contribution is -0.147. The van der Waals surface area contributed by atoms with Crippen molar-refractivity contribution < 1.29 is 19.1 Å². The highest BCUT2D eigenvalue weighted by Crippen LogP contribution is 2.36. The minimum atomic E-state index is -0.489. The smallest absolute Gasteiger partial charge is 0.334 e. The average molecular weight is 290 g/mol. The third kappa shape index (κ3) is 3.63. The van der Waals surface area contributed by atoms with Crippen LogP contribution in [0.4, 0.5) is 0 Å². The summed E-state index contributed by atoms with van der Waals surface area (Å²) in [6.45, 7) is 9.26. The predicted molar refractivity (Wildman–Crippen MR) is 79.4 cm³/mol. The van der Waals surface area contributed by atoms with Crippen molar-refractivity contribution in [3.05, 3.63) is 35.5 Å². The Bertz CT molecular complexity index is 527. The third-order valence-electron chi connectivity index (χ3n) is 3.98. The lowest BCUT2D eigenvalue weighted by atomic mass is 9.85. The maximum atomic E-state index is 11.9. The number of hydrogen-bond acceptors (Lipinski definition) is 4. The molecule has 0 spiro atoms. The van der Waals surface area contributed by atoms with Crippen molar-refractivity contribution in [3.8, 4) is 0 Å². The molecule has 1 fully saturated rings. The largest absolute Gasteiger partial charge is 0.458 e. The van der Waals surface area contributed by atoms with Gasteiger partial charge in [0.1, 0.15) is 12.2 Å². The van der Waals surface area contributed by atoms with E-state index in [1.165, 1.54) is 12.5 Å². The molecule has 1 unspecified atom stereocenters. The van der Waals surface area contributed by atoms with Crippen LogP contribution in [-0.4, -0.2) is 24.1 Å². The van der Waals surface area contributed by atoms with E-state index in [0.29, 0.717) is 12.0 Å². The molecule has 1 saturated heterocycles. The monoisotopic (exact) mass is 290 g/mol. The molecule has 0 aromatic carbocycles. The predicted octanol–water partition coefficient (Wildman–Crippen LogP) is 3.09. The zero-order chi connectivity index (χ0) is 15.6. The average Bonchev–Trinajstić information content (AvgIpc) is 2.62. The number of carbonyl (C=O) groups excluding carboxylic acids is 2. The van der Waals surface area contributed by atoms with Crippen LogP contribution < -0.4 is 0 Å². The fourth-order valence-corrected chi connectivity index (χ4v) is 2.94. The van der Waals surface area contributed by atoms with E-state index in [-0.39, 0.29) is 24.0 Å². The molecule has 4 heteroatoms. The summed E-state index contributed by atoms with van der Waals surface area (Å²) in [5.74, 6) is -1.06. The second-order valence-corrected chi connectivity index (χ2v) is 5.88. The second kappa shape index (κ2) is 6.29. The first-order chi connectivity index (χ1) is 9.88. The Labute approximate surface area is 125 Å². The molecule has 1 heterocycles. The van der Waals surface area contributed by atoms with Crippen molar-refractivity contribution >= 4 is 11.9 Å². The fraction of sp³-hybridized carbons (Fsp3) is 0.529. The van der Waals surface area contributed by atoms with Gasteiger partial charge in [0, 0.05) is 18.9 Å². The first kappa shape index (κ1) is 15.5. The first-order valence-electron chi connectivity index (χ1n) is 7.28. The molecular weight excluding hydrogens is 268 g/mol. The summed E-state index contributed by atoms with van der Waals surface area (Å²) >= 11 is 0. The lowest BCUT2D eigenvalue weighted by Crippen LogP contribution is -2.32. The topological polar surface area (TPSA) is 52.6 Å². The zero-order valence-corrected chi connectivity index (χ0v) is 12.8. The molecule has 0 radical (unpaired) electrons. The van der Waals surface area contributed by atoms with E-state index < -0.39 is 6.10 Å².